The van der Waals surface area contributed by atoms with Crippen molar-refractivity contribution in [3.8, 4) is 0 Å². The summed E-state index contributed by atoms with van der Waals surface area (Å²) in [5, 5.41) is 10.8. The molecule has 1 aromatic rings. The van der Waals surface area contributed by atoms with Gasteiger partial charge in [-0.15, -0.1) is 0 Å². The summed E-state index contributed by atoms with van der Waals surface area (Å²) in [6, 6.07) is 10.4. The summed E-state index contributed by atoms with van der Waals surface area (Å²) in [6.07, 6.45) is 2.12. The van der Waals surface area contributed by atoms with E-state index in [2.05, 4.69) is 36.0 Å². The molecule has 1 amide bonds. The molecule has 2 aliphatic rings. The van der Waals surface area contributed by atoms with Crippen molar-refractivity contribution in [1.82, 2.24) is 14.7 Å². The fourth-order valence-corrected chi connectivity index (χ4v) is 4.20. The van der Waals surface area contributed by atoms with Crippen molar-refractivity contribution in [3.05, 3.63) is 35.9 Å². The van der Waals surface area contributed by atoms with E-state index in [1.807, 2.05) is 23.1 Å². The molecule has 5 nitrogen and oxygen atoms in total. The molecule has 138 valence electrons. The lowest BCUT2D eigenvalue weighted by Gasteiger charge is -2.30. The molecule has 1 aliphatic heterocycles. The Hall–Kier alpha value is -1.43. The quantitative estimate of drug-likeness (QED) is 0.897. The molecule has 3 atom stereocenters. The lowest BCUT2D eigenvalue weighted by Crippen LogP contribution is -2.45. The van der Waals surface area contributed by atoms with E-state index in [0.29, 0.717) is 0 Å². The first-order valence-electron chi connectivity index (χ1n) is 9.46. The van der Waals surface area contributed by atoms with Gasteiger partial charge in [0, 0.05) is 32.2 Å². The molecular weight excluding hydrogens is 314 g/mol. The molecule has 1 saturated carbocycles. The fraction of sp³-hybridized carbons (Fsp3) is 0.650. The maximum Gasteiger partial charge on any atom is 0.228 e. The lowest BCUT2D eigenvalue weighted by atomic mass is 10.0. The lowest BCUT2D eigenvalue weighted by molar-refractivity contribution is -0.138. The van der Waals surface area contributed by atoms with E-state index < -0.39 is 6.10 Å². The minimum atomic E-state index is -0.567. The average molecular weight is 345 g/mol. The van der Waals surface area contributed by atoms with E-state index in [-0.39, 0.29) is 17.9 Å². The van der Waals surface area contributed by atoms with E-state index in [9.17, 15) is 9.90 Å². The molecule has 3 rings (SSSR count). The Bertz CT molecular complexity index is 565. The number of hydrogen-bond donors (Lipinski definition) is 1. The van der Waals surface area contributed by atoms with Gasteiger partial charge >= 0.3 is 0 Å². The van der Waals surface area contributed by atoms with Gasteiger partial charge in [-0.1, -0.05) is 30.3 Å². The number of carbonyl (C=O) groups excluding carboxylic acids is 1. The van der Waals surface area contributed by atoms with Crippen molar-refractivity contribution in [1.29, 1.82) is 0 Å². The Morgan fingerprint density at radius 1 is 1.16 bits per heavy atom. The van der Waals surface area contributed by atoms with Crippen LogP contribution in [0.4, 0.5) is 0 Å². The third-order valence-electron chi connectivity index (χ3n) is 5.77. The highest BCUT2D eigenvalue weighted by Gasteiger charge is 2.42. The largest absolute Gasteiger partial charge is 0.391 e. The second-order valence-electron chi connectivity index (χ2n) is 7.62. The number of hydrogen-bond acceptors (Lipinski definition) is 4. The zero-order valence-electron chi connectivity index (χ0n) is 15.5. The van der Waals surface area contributed by atoms with Crippen LogP contribution in [-0.2, 0) is 11.3 Å². The summed E-state index contributed by atoms with van der Waals surface area (Å²) in [6.45, 7) is 4.36. The molecule has 1 aliphatic carbocycles. The summed E-state index contributed by atoms with van der Waals surface area (Å²) < 4.78 is 0. The van der Waals surface area contributed by atoms with Gasteiger partial charge in [0.2, 0.25) is 5.91 Å². The van der Waals surface area contributed by atoms with Crippen molar-refractivity contribution in [2.24, 2.45) is 5.92 Å². The molecule has 25 heavy (non-hydrogen) atoms. The zero-order chi connectivity index (χ0) is 17.8. The van der Waals surface area contributed by atoms with Crippen LogP contribution in [0, 0.1) is 5.92 Å². The summed E-state index contributed by atoms with van der Waals surface area (Å²) in [5.41, 5.74) is 1.24. The zero-order valence-corrected chi connectivity index (χ0v) is 15.5. The molecule has 0 spiro atoms. The number of nitrogens with zero attached hydrogens (tertiary/aromatic N) is 3. The highest BCUT2D eigenvalue weighted by molar-refractivity contribution is 5.80. The third-order valence-corrected chi connectivity index (χ3v) is 5.77. The molecule has 5 heteroatoms. The number of aliphatic hydroxyl groups excluding tert-OH is 1. The molecule has 1 heterocycles. The number of rotatable bonds is 4. The Morgan fingerprint density at radius 3 is 2.68 bits per heavy atom. The van der Waals surface area contributed by atoms with Crippen LogP contribution in [0.2, 0.25) is 0 Å². The van der Waals surface area contributed by atoms with Crippen molar-refractivity contribution in [2.45, 2.75) is 38.0 Å². The topological polar surface area (TPSA) is 47.0 Å². The number of likely N-dealkylation sites (N-methyl/N-ethyl adjacent to an activating group) is 2. The van der Waals surface area contributed by atoms with E-state index in [1.54, 1.807) is 0 Å². The molecule has 1 N–H and O–H groups in total. The van der Waals surface area contributed by atoms with Gasteiger partial charge < -0.3 is 14.9 Å². The van der Waals surface area contributed by atoms with Gasteiger partial charge in [0.25, 0.3) is 0 Å². The highest BCUT2D eigenvalue weighted by Crippen LogP contribution is 2.31. The Balaban J connectivity index is 1.59. The summed E-state index contributed by atoms with van der Waals surface area (Å²) in [5.74, 6) is -0.0926. The number of amides is 1. The number of aliphatic hydroxyl groups is 1. The second-order valence-corrected chi connectivity index (χ2v) is 7.62. The van der Waals surface area contributed by atoms with Crippen molar-refractivity contribution < 1.29 is 9.90 Å². The van der Waals surface area contributed by atoms with E-state index >= 15 is 0 Å². The number of benzene rings is 1. The summed E-state index contributed by atoms with van der Waals surface area (Å²) in [4.78, 5) is 19.4. The Morgan fingerprint density at radius 2 is 1.92 bits per heavy atom. The van der Waals surface area contributed by atoms with Gasteiger partial charge in [0.15, 0.2) is 0 Å². The Labute approximate surface area is 151 Å². The molecule has 0 radical (unpaired) electrons. The normalized spacial score (nSPS) is 28.3. The SMILES string of the molecule is CN1CCCN(C(=O)[C@@H]2CC[C@@H](N(C)Cc3ccccc3)[C@H]2O)CC1. The van der Waals surface area contributed by atoms with Gasteiger partial charge in [0.05, 0.1) is 12.0 Å². The minimum absolute atomic E-state index is 0.0591. The molecule has 1 saturated heterocycles. The van der Waals surface area contributed by atoms with Crippen LogP contribution in [0.3, 0.4) is 0 Å². The van der Waals surface area contributed by atoms with Crippen LogP contribution in [0.25, 0.3) is 0 Å². The third kappa shape index (κ3) is 4.40. The fourth-order valence-electron chi connectivity index (χ4n) is 4.20. The first kappa shape index (κ1) is 18.4. The van der Waals surface area contributed by atoms with Gasteiger partial charge in [0.1, 0.15) is 0 Å². The van der Waals surface area contributed by atoms with Crippen molar-refractivity contribution in [2.75, 3.05) is 40.3 Å². The van der Waals surface area contributed by atoms with Crippen LogP contribution < -0.4 is 0 Å². The molecule has 1 aromatic carbocycles. The average Bonchev–Trinajstić information content (AvgIpc) is 2.85. The maximum absolute atomic E-state index is 12.9. The van der Waals surface area contributed by atoms with Gasteiger partial charge in [-0.25, -0.2) is 0 Å². The molecule has 0 aromatic heterocycles. The van der Waals surface area contributed by atoms with Crippen LogP contribution in [0.15, 0.2) is 30.3 Å². The molecule has 0 unspecified atom stereocenters. The van der Waals surface area contributed by atoms with Gasteiger partial charge in [-0.2, -0.15) is 0 Å². The maximum atomic E-state index is 12.9. The van der Waals surface area contributed by atoms with Crippen LogP contribution in [-0.4, -0.2) is 78.1 Å². The van der Waals surface area contributed by atoms with E-state index in [4.69, 9.17) is 0 Å². The second kappa shape index (κ2) is 8.30. The summed E-state index contributed by atoms with van der Waals surface area (Å²) >= 11 is 0. The molecule has 0 bridgehead atoms. The van der Waals surface area contributed by atoms with Gasteiger partial charge in [-0.3, -0.25) is 9.69 Å². The predicted molar refractivity (Wildman–Crippen MR) is 99.1 cm³/mol. The monoisotopic (exact) mass is 345 g/mol. The van der Waals surface area contributed by atoms with Crippen molar-refractivity contribution in [3.63, 3.8) is 0 Å². The predicted octanol–water partition coefficient (Wildman–Crippen LogP) is 1.42. The smallest absolute Gasteiger partial charge is 0.228 e. The first-order chi connectivity index (χ1) is 12.1. The summed E-state index contributed by atoms with van der Waals surface area (Å²) in [7, 11) is 4.15. The Kier molecular flexibility index (Phi) is 6.10. The van der Waals surface area contributed by atoms with E-state index in [0.717, 1.165) is 52.0 Å². The van der Waals surface area contributed by atoms with Gasteiger partial charge in [-0.05, 0) is 45.5 Å². The highest BCUT2D eigenvalue weighted by atomic mass is 16.3. The minimum Gasteiger partial charge on any atom is -0.391 e. The molecular formula is C20H31N3O2. The van der Waals surface area contributed by atoms with Crippen LogP contribution in [0.5, 0.6) is 0 Å². The molecule has 2 fully saturated rings. The van der Waals surface area contributed by atoms with E-state index in [1.165, 1.54) is 5.56 Å². The van der Waals surface area contributed by atoms with Crippen molar-refractivity contribution >= 4 is 5.91 Å². The van der Waals surface area contributed by atoms with Crippen LogP contribution in [0.1, 0.15) is 24.8 Å². The van der Waals surface area contributed by atoms with Crippen LogP contribution >= 0.6 is 0 Å². The standard InChI is InChI=1S/C20H31N3O2/c1-21-11-6-12-23(14-13-21)20(25)17-9-10-18(19(17)24)22(2)15-16-7-4-3-5-8-16/h3-5,7-8,17-19,24H,6,9-15H2,1-2H3/t17-,18-,19+/m1/s1. The number of carbonyl (C=O) groups is 1. The first-order valence-corrected chi connectivity index (χ1v) is 9.46.